The van der Waals surface area contributed by atoms with Crippen LogP contribution in [0.15, 0.2) is 12.2 Å². The van der Waals surface area contributed by atoms with Gasteiger partial charge in [-0.15, -0.1) is 0 Å². The maximum absolute atomic E-state index is 12.4. The summed E-state index contributed by atoms with van der Waals surface area (Å²) in [6.07, 6.45) is 5.57. The molecule has 0 aromatic heterocycles. The van der Waals surface area contributed by atoms with E-state index in [0.29, 0.717) is 11.8 Å². The maximum Gasteiger partial charge on any atom is 0.310 e. The van der Waals surface area contributed by atoms with Crippen LogP contribution in [-0.2, 0) is 19.0 Å². The van der Waals surface area contributed by atoms with E-state index in [2.05, 4.69) is 12.2 Å². The molecule has 108 valence electrons. The summed E-state index contributed by atoms with van der Waals surface area (Å²) >= 11 is 0. The molecule has 3 aliphatic heterocycles. The quantitative estimate of drug-likeness (QED) is 0.592. The SMILES string of the molecule is O=C(OC1C2CC3C(O)OC1C3O2)C1CC2C=CC1C2. The Labute approximate surface area is 116 Å². The molecule has 0 radical (unpaired) electrons. The zero-order valence-corrected chi connectivity index (χ0v) is 11.1. The van der Waals surface area contributed by atoms with Gasteiger partial charge in [0, 0.05) is 5.92 Å². The zero-order valence-electron chi connectivity index (χ0n) is 11.1. The topological polar surface area (TPSA) is 65.0 Å². The normalized spacial score (nSPS) is 57.8. The number of carbonyl (C=O) groups excluding carboxylic acids is 1. The Morgan fingerprint density at radius 1 is 1.15 bits per heavy atom. The van der Waals surface area contributed by atoms with Crippen LogP contribution in [0.25, 0.3) is 0 Å². The molecule has 9 unspecified atom stereocenters. The number of hydrogen-bond donors (Lipinski definition) is 1. The zero-order chi connectivity index (χ0) is 13.4. The van der Waals surface area contributed by atoms with Crippen molar-refractivity contribution in [1.29, 1.82) is 0 Å². The van der Waals surface area contributed by atoms with Crippen LogP contribution in [0.4, 0.5) is 0 Å². The summed E-state index contributed by atoms with van der Waals surface area (Å²) in [5.41, 5.74) is 0. The molecular weight excluding hydrogens is 260 g/mol. The maximum atomic E-state index is 12.4. The van der Waals surface area contributed by atoms with Crippen LogP contribution in [0.3, 0.4) is 0 Å². The highest BCUT2D eigenvalue weighted by Gasteiger charge is 2.64. The third-order valence-electron chi connectivity index (χ3n) is 5.77. The van der Waals surface area contributed by atoms with Crippen LogP contribution < -0.4 is 0 Å². The molecule has 0 spiro atoms. The number of esters is 1. The summed E-state index contributed by atoms with van der Waals surface area (Å²) in [7, 11) is 0. The Bertz CT molecular complexity index is 489. The van der Waals surface area contributed by atoms with E-state index in [9.17, 15) is 9.90 Å². The monoisotopic (exact) mass is 278 g/mol. The molecular formula is C15H18O5. The number of fused-ring (bicyclic) bond motifs is 3. The van der Waals surface area contributed by atoms with Crippen LogP contribution >= 0.6 is 0 Å². The van der Waals surface area contributed by atoms with Crippen LogP contribution in [0.5, 0.6) is 0 Å². The minimum absolute atomic E-state index is 0.00579. The minimum Gasteiger partial charge on any atom is -0.456 e. The third kappa shape index (κ3) is 1.41. The van der Waals surface area contributed by atoms with Crippen molar-refractivity contribution < 1.29 is 24.1 Å². The number of rotatable bonds is 2. The van der Waals surface area contributed by atoms with E-state index in [1.165, 1.54) is 0 Å². The van der Waals surface area contributed by atoms with Crippen molar-refractivity contribution in [3.63, 3.8) is 0 Å². The minimum atomic E-state index is -0.760. The van der Waals surface area contributed by atoms with Crippen molar-refractivity contribution >= 4 is 5.97 Å². The van der Waals surface area contributed by atoms with Crippen molar-refractivity contribution in [3.05, 3.63) is 12.2 Å². The van der Waals surface area contributed by atoms with Crippen LogP contribution in [0, 0.1) is 23.7 Å². The lowest BCUT2D eigenvalue weighted by Gasteiger charge is -2.26. The highest BCUT2D eigenvalue weighted by atomic mass is 16.7. The smallest absolute Gasteiger partial charge is 0.310 e. The van der Waals surface area contributed by atoms with Gasteiger partial charge in [-0.1, -0.05) is 12.2 Å². The second-order valence-corrected chi connectivity index (χ2v) is 6.82. The molecule has 2 aliphatic carbocycles. The fraction of sp³-hybridized carbons (Fsp3) is 0.800. The Hall–Kier alpha value is -0.910. The van der Waals surface area contributed by atoms with Crippen molar-refractivity contribution in [2.45, 2.75) is 50.0 Å². The van der Waals surface area contributed by atoms with Gasteiger partial charge >= 0.3 is 5.97 Å². The summed E-state index contributed by atoms with van der Waals surface area (Å²) in [4.78, 5) is 12.4. The van der Waals surface area contributed by atoms with E-state index in [4.69, 9.17) is 14.2 Å². The number of allylic oxidation sites excluding steroid dienone is 2. The van der Waals surface area contributed by atoms with Gasteiger partial charge in [0.2, 0.25) is 0 Å². The van der Waals surface area contributed by atoms with Gasteiger partial charge in [0.1, 0.15) is 6.10 Å². The Morgan fingerprint density at radius 3 is 2.80 bits per heavy atom. The molecule has 5 heteroatoms. The molecule has 9 atom stereocenters. The molecule has 0 aromatic rings. The highest BCUT2D eigenvalue weighted by Crippen LogP contribution is 2.50. The molecule has 1 N–H and O–H groups in total. The molecule has 4 fully saturated rings. The lowest BCUT2D eigenvalue weighted by molar-refractivity contribution is -0.168. The fourth-order valence-corrected chi connectivity index (χ4v) is 4.80. The summed E-state index contributed by atoms with van der Waals surface area (Å²) < 4.78 is 17.0. The van der Waals surface area contributed by atoms with Gasteiger partial charge in [0.05, 0.1) is 18.1 Å². The molecule has 3 heterocycles. The van der Waals surface area contributed by atoms with Crippen molar-refractivity contribution in [3.8, 4) is 0 Å². The van der Waals surface area contributed by atoms with Crippen molar-refractivity contribution in [1.82, 2.24) is 0 Å². The van der Waals surface area contributed by atoms with E-state index in [-0.39, 0.29) is 42.2 Å². The first-order chi connectivity index (χ1) is 9.70. The van der Waals surface area contributed by atoms with E-state index < -0.39 is 6.29 Å². The largest absolute Gasteiger partial charge is 0.456 e. The molecule has 5 rings (SSSR count). The first-order valence-corrected chi connectivity index (χ1v) is 7.58. The summed E-state index contributed by atoms with van der Waals surface area (Å²) in [5, 5.41) is 9.79. The first kappa shape index (κ1) is 11.7. The number of aliphatic hydroxyl groups is 1. The predicted molar refractivity (Wildman–Crippen MR) is 66.4 cm³/mol. The molecule has 0 aromatic carbocycles. The van der Waals surface area contributed by atoms with Gasteiger partial charge in [-0.3, -0.25) is 4.79 Å². The first-order valence-electron chi connectivity index (χ1n) is 7.58. The van der Waals surface area contributed by atoms with Gasteiger partial charge in [0.15, 0.2) is 12.4 Å². The van der Waals surface area contributed by atoms with E-state index in [1.807, 2.05) is 0 Å². The fourth-order valence-electron chi connectivity index (χ4n) is 4.80. The summed E-state index contributed by atoms with van der Waals surface area (Å²) in [5.74, 6) is 0.874. The van der Waals surface area contributed by atoms with Crippen LogP contribution in [0.2, 0.25) is 0 Å². The number of aliphatic hydroxyl groups excluding tert-OH is 1. The van der Waals surface area contributed by atoms with Gasteiger partial charge in [-0.05, 0) is 31.1 Å². The number of hydrogen-bond acceptors (Lipinski definition) is 5. The Kier molecular flexibility index (Phi) is 2.25. The molecule has 5 nitrogen and oxygen atoms in total. The summed E-state index contributed by atoms with van der Waals surface area (Å²) in [6, 6.07) is 0. The highest BCUT2D eigenvalue weighted by molar-refractivity contribution is 5.74. The van der Waals surface area contributed by atoms with Gasteiger partial charge in [-0.25, -0.2) is 0 Å². The lowest BCUT2D eigenvalue weighted by Crippen LogP contribution is -2.41. The molecule has 4 bridgehead atoms. The predicted octanol–water partition coefficient (Wildman–Crippen LogP) is 0.615. The lowest BCUT2D eigenvalue weighted by atomic mass is 9.87. The number of carbonyl (C=O) groups is 1. The number of ether oxygens (including phenoxy) is 3. The second kappa shape index (κ2) is 3.84. The molecule has 3 saturated heterocycles. The summed E-state index contributed by atoms with van der Waals surface area (Å²) in [6.45, 7) is 0. The van der Waals surface area contributed by atoms with Crippen LogP contribution in [-0.4, -0.2) is 41.8 Å². The van der Waals surface area contributed by atoms with E-state index in [1.54, 1.807) is 0 Å². The van der Waals surface area contributed by atoms with E-state index >= 15 is 0 Å². The third-order valence-corrected chi connectivity index (χ3v) is 5.77. The molecule has 1 saturated carbocycles. The van der Waals surface area contributed by atoms with Crippen molar-refractivity contribution in [2.24, 2.45) is 23.7 Å². The Balaban J connectivity index is 1.31. The van der Waals surface area contributed by atoms with Crippen molar-refractivity contribution in [2.75, 3.05) is 0 Å². The molecule has 0 amide bonds. The standard InChI is InChI=1S/C15H18O5/c16-14(8-4-6-1-2-7(8)3-6)19-12-10-5-9-11(18-10)13(12)20-15(9)17/h1-2,6-13,15,17H,3-5H2. The molecule has 5 aliphatic rings. The van der Waals surface area contributed by atoms with Crippen LogP contribution in [0.1, 0.15) is 19.3 Å². The molecule has 20 heavy (non-hydrogen) atoms. The van der Waals surface area contributed by atoms with Gasteiger partial charge in [-0.2, -0.15) is 0 Å². The van der Waals surface area contributed by atoms with E-state index in [0.717, 1.165) is 19.3 Å². The van der Waals surface area contributed by atoms with Gasteiger partial charge in [0.25, 0.3) is 0 Å². The Morgan fingerprint density at radius 2 is 2.05 bits per heavy atom. The average molecular weight is 278 g/mol. The average Bonchev–Trinajstić information content (AvgIpc) is 3.19. The second-order valence-electron chi connectivity index (χ2n) is 6.82. The van der Waals surface area contributed by atoms with Gasteiger partial charge < -0.3 is 19.3 Å².